The molecule has 0 spiro atoms. The van der Waals surface area contributed by atoms with Gasteiger partial charge in [0.1, 0.15) is 34.0 Å². The molecule has 9 heteroatoms. The Hall–Kier alpha value is -12.1. The van der Waals surface area contributed by atoms with Gasteiger partial charge in [-0.05, 0) is 123 Å². The van der Waals surface area contributed by atoms with E-state index in [4.69, 9.17) is 33.8 Å². The molecule has 9 nitrogen and oxygen atoms in total. The number of hydrogen-bond donors (Lipinski definition) is 0. The minimum atomic E-state index is -0.205. The van der Waals surface area contributed by atoms with Crippen LogP contribution >= 0.6 is 0 Å². The summed E-state index contributed by atoms with van der Waals surface area (Å²) in [5, 5.41) is 8.53. The molecule has 0 atom stereocenters. The van der Waals surface area contributed by atoms with Crippen molar-refractivity contribution in [2.75, 3.05) is 0 Å². The molecule has 0 amide bonds. The Kier molecular flexibility index (Phi) is 10.2. The Balaban J connectivity index is 0.831. The van der Waals surface area contributed by atoms with Crippen molar-refractivity contribution >= 4 is 87.5 Å². The Morgan fingerprint density at radius 1 is 0.278 bits per heavy atom. The first-order valence-corrected chi connectivity index (χ1v) is 30.5. The van der Waals surface area contributed by atoms with Crippen molar-refractivity contribution < 1.29 is 8.83 Å². The van der Waals surface area contributed by atoms with Gasteiger partial charge in [-0.15, -0.1) is 0 Å². The van der Waals surface area contributed by atoms with Crippen LogP contribution in [0.3, 0.4) is 0 Å². The highest BCUT2D eigenvalue weighted by molar-refractivity contribution is 6.24. The summed E-state index contributed by atoms with van der Waals surface area (Å²) in [5.74, 6) is 2.19. The molecule has 20 rings (SSSR count). The third kappa shape index (κ3) is 7.11. The maximum absolute atomic E-state index is 6.37. The fourth-order valence-corrected chi connectivity index (χ4v) is 15.0. The maximum Gasteiger partial charge on any atom is 0.235 e. The van der Waals surface area contributed by atoms with Crippen molar-refractivity contribution in [2.24, 2.45) is 0 Å². The summed E-state index contributed by atoms with van der Waals surface area (Å²) in [6.07, 6.45) is 0. The quantitative estimate of drug-likeness (QED) is 0.157. The fourth-order valence-electron chi connectivity index (χ4n) is 15.0. The second kappa shape index (κ2) is 18.7. The van der Waals surface area contributed by atoms with Crippen LogP contribution in [0, 0.1) is 0 Å². The van der Waals surface area contributed by atoms with Crippen molar-refractivity contribution in [1.29, 1.82) is 0 Å². The lowest BCUT2D eigenvalue weighted by atomic mass is 9.94. The highest BCUT2D eigenvalue weighted by atomic mass is 16.3. The summed E-state index contributed by atoms with van der Waals surface area (Å²) in [7, 11) is 0. The zero-order valence-corrected chi connectivity index (χ0v) is 48.1. The zero-order chi connectivity index (χ0) is 58.7. The highest BCUT2D eigenvalue weighted by Crippen LogP contribution is 2.51. The van der Waals surface area contributed by atoms with Crippen LogP contribution in [-0.2, 0) is 0 Å². The monoisotopic (exact) mass is 1150 g/mol. The summed E-state index contributed by atoms with van der Waals surface area (Å²) in [4.78, 5) is 28.2. The van der Waals surface area contributed by atoms with Gasteiger partial charge in [-0.25, -0.2) is 24.9 Å². The molecule has 2 aliphatic carbocycles. The number of para-hydroxylation sites is 4. The lowest BCUT2D eigenvalue weighted by molar-refractivity contribution is 0.668. The number of hydrogen-bond acceptors (Lipinski definition) is 7. The van der Waals surface area contributed by atoms with Crippen LogP contribution in [0.5, 0.6) is 0 Å². The summed E-state index contributed by atoms with van der Waals surface area (Å²) in [6, 6.07) is 96.8. The molecule has 90 heavy (non-hydrogen) atoms. The number of rotatable bonds is 7. The number of benzene rings is 12. The van der Waals surface area contributed by atoms with Crippen molar-refractivity contribution in [3.63, 3.8) is 0 Å². The molecular formula is C81H47N7O2. The van der Waals surface area contributed by atoms with Crippen molar-refractivity contribution in [3.05, 3.63) is 307 Å². The van der Waals surface area contributed by atoms with Crippen molar-refractivity contribution in [2.45, 2.75) is 11.8 Å². The van der Waals surface area contributed by atoms with Crippen LogP contribution in [-0.4, -0.2) is 34.1 Å². The highest BCUT2D eigenvalue weighted by Gasteiger charge is 2.36. The van der Waals surface area contributed by atoms with E-state index in [2.05, 4.69) is 258 Å². The van der Waals surface area contributed by atoms with E-state index in [0.717, 1.165) is 133 Å². The molecule has 18 aromatic rings. The van der Waals surface area contributed by atoms with Gasteiger partial charge < -0.3 is 13.4 Å². The smallest absolute Gasteiger partial charge is 0.235 e. The third-order valence-corrected chi connectivity index (χ3v) is 18.9. The van der Waals surface area contributed by atoms with Gasteiger partial charge in [0.05, 0.1) is 45.3 Å². The lowest BCUT2D eigenvalue weighted by Gasteiger charge is -2.19. The number of aromatic nitrogens is 7. The standard InChI is InChI=1S/C81H47N7O2/c1-5-28-58-50(20-1)51-21-2-6-29-59(51)74(58)79-84-78(85-80(86-79)75-60-30-7-3-22-52(60)53-23-4-8-31-61(53)75)48-18-17-19-49(42-48)87-68-32-13-9-24-54(68)62-38-39-63-55-25-10-14-33-69(55)88(77(63)76(62)87)81-82-66(46-36-40-72-64(43-46)56-26-11-15-34-70(56)89-72)45-67(83-81)47-37-41-73-65(44-47)57-27-12-16-35-71(57)90-73/h1-45,74-75H. The third-order valence-electron chi connectivity index (χ3n) is 18.9. The van der Waals surface area contributed by atoms with Crippen LogP contribution in [0.4, 0.5) is 0 Å². The van der Waals surface area contributed by atoms with Gasteiger partial charge >= 0.3 is 0 Å². The normalized spacial score (nSPS) is 13.0. The Morgan fingerprint density at radius 2 is 0.700 bits per heavy atom. The summed E-state index contributed by atoms with van der Waals surface area (Å²) in [6.45, 7) is 0. The number of fused-ring (bicyclic) bond motifs is 19. The van der Waals surface area contributed by atoms with Gasteiger partial charge in [0.2, 0.25) is 5.95 Å². The molecule has 0 radical (unpaired) electrons. The molecule has 6 aromatic heterocycles. The van der Waals surface area contributed by atoms with Crippen molar-refractivity contribution in [1.82, 2.24) is 34.1 Å². The van der Waals surface area contributed by atoms with E-state index < -0.39 is 0 Å². The van der Waals surface area contributed by atoms with E-state index in [0.29, 0.717) is 11.8 Å². The minimum absolute atomic E-state index is 0.205. The Labute approximate surface area is 514 Å². The zero-order valence-electron chi connectivity index (χ0n) is 48.1. The topological polar surface area (TPSA) is 101 Å². The second-order valence-electron chi connectivity index (χ2n) is 23.8. The van der Waals surface area contributed by atoms with Gasteiger partial charge in [0.15, 0.2) is 5.82 Å². The molecule has 0 fully saturated rings. The van der Waals surface area contributed by atoms with E-state index in [9.17, 15) is 0 Å². The minimum Gasteiger partial charge on any atom is -0.456 e. The molecule has 0 aliphatic heterocycles. The molecule has 418 valence electrons. The van der Waals surface area contributed by atoms with Gasteiger partial charge in [-0.2, -0.15) is 0 Å². The van der Waals surface area contributed by atoms with E-state index >= 15 is 0 Å². The second-order valence-corrected chi connectivity index (χ2v) is 23.8. The number of furan rings is 2. The summed E-state index contributed by atoms with van der Waals surface area (Å²) >= 11 is 0. The average molecular weight is 1150 g/mol. The molecule has 0 bridgehead atoms. The Bertz CT molecular complexity index is 5770. The molecule has 0 saturated carbocycles. The summed E-state index contributed by atoms with van der Waals surface area (Å²) < 4.78 is 17.4. The van der Waals surface area contributed by atoms with E-state index in [1.807, 2.05) is 24.3 Å². The Morgan fingerprint density at radius 3 is 1.21 bits per heavy atom. The van der Waals surface area contributed by atoms with Crippen LogP contribution < -0.4 is 0 Å². The van der Waals surface area contributed by atoms with E-state index in [-0.39, 0.29) is 11.8 Å². The molecule has 2 aliphatic rings. The largest absolute Gasteiger partial charge is 0.456 e. The van der Waals surface area contributed by atoms with Crippen LogP contribution in [0.15, 0.2) is 282 Å². The van der Waals surface area contributed by atoms with Crippen LogP contribution in [0.25, 0.3) is 155 Å². The summed E-state index contributed by atoms with van der Waals surface area (Å²) in [5.41, 5.74) is 22.2. The first-order valence-electron chi connectivity index (χ1n) is 30.5. The van der Waals surface area contributed by atoms with Crippen LogP contribution in [0.1, 0.15) is 45.7 Å². The molecule has 0 unspecified atom stereocenters. The van der Waals surface area contributed by atoms with E-state index in [1.54, 1.807) is 0 Å². The first-order chi connectivity index (χ1) is 44.6. The molecule has 0 saturated heterocycles. The average Bonchev–Trinajstić information content (AvgIpc) is 1.57. The van der Waals surface area contributed by atoms with Crippen molar-refractivity contribution in [3.8, 4) is 67.8 Å². The first kappa shape index (κ1) is 49.1. The number of nitrogens with zero attached hydrogens (tertiary/aromatic N) is 7. The van der Waals surface area contributed by atoms with Gasteiger partial charge in [0, 0.05) is 65.5 Å². The lowest BCUT2D eigenvalue weighted by Crippen LogP contribution is -2.14. The van der Waals surface area contributed by atoms with Gasteiger partial charge in [-0.3, -0.25) is 4.57 Å². The molecular weight excluding hydrogens is 1100 g/mol. The predicted molar refractivity (Wildman–Crippen MR) is 361 cm³/mol. The molecule has 0 N–H and O–H groups in total. The van der Waals surface area contributed by atoms with Gasteiger partial charge in [-0.1, -0.05) is 194 Å². The fraction of sp³-hybridized carbons (Fsp3) is 0.0247. The van der Waals surface area contributed by atoms with E-state index in [1.165, 1.54) is 44.5 Å². The molecule has 6 heterocycles. The van der Waals surface area contributed by atoms with Gasteiger partial charge in [0.25, 0.3) is 0 Å². The predicted octanol–water partition coefficient (Wildman–Crippen LogP) is 20.0. The maximum atomic E-state index is 6.37. The SMILES string of the molecule is c1cc(-c2nc(C3c4ccccc4-c4ccccc43)nc(C3c4ccccc4-c4ccccc43)n2)cc(-n2c3ccccc3c3ccc4c5ccccc5n(-c5nc(-c6ccc7oc8ccccc8c7c6)cc(-c6ccc7oc8ccccc8c7c6)n5)c4c32)c1. The molecule has 12 aromatic carbocycles. The van der Waals surface area contributed by atoms with Crippen LogP contribution in [0.2, 0.25) is 0 Å².